The summed E-state index contributed by atoms with van der Waals surface area (Å²) in [6, 6.07) is 15.5. The smallest absolute Gasteiger partial charge is 0.338 e. The summed E-state index contributed by atoms with van der Waals surface area (Å²) in [6.07, 6.45) is 1.51. The third-order valence-electron chi connectivity index (χ3n) is 4.78. The predicted molar refractivity (Wildman–Crippen MR) is 118 cm³/mol. The van der Waals surface area contributed by atoms with Crippen molar-refractivity contribution in [1.82, 2.24) is 14.8 Å². The molecule has 1 atom stereocenters. The van der Waals surface area contributed by atoms with Gasteiger partial charge in [0, 0.05) is 11.4 Å². The van der Waals surface area contributed by atoms with Crippen molar-refractivity contribution < 1.29 is 13.9 Å². The monoisotopic (exact) mass is 436 g/mol. The Morgan fingerprint density at radius 2 is 2.00 bits per heavy atom. The Kier molecular flexibility index (Phi) is 6.18. The second kappa shape index (κ2) is 9.18. The molecular weight excluding hydrogens is 415 g/mol. The van der Waals surface area contributed by atoms with E-state index in [4.69, 9.17) is 4.74 Å². The van der Waals surface area contributed by atoms with Gasteiger partial charge in [-0.3, -0.25) is 0 Å². The molecule has 31 heavy (non-hydrogen) atoms. The van der Waals surface area contributed by atoms with Gasteiger partial charge in [-0.1, -0.05) is 66.9 Å². The van der Waals surface area contributed by atoms with Crippen molar-refractivity contribution in [2.24, 2.45) is 0 Å². The summed E-state index contributed by atoms with van der Waals surface area (Å²) in [7, 11) is 0. The van der Waals surface area contributed by atoms with Crippen LogP contribution in [-0.4, -0.2) is 27.3 Å². The first kappa shape index (κ1) is 20.9. The van der Waals surface area contributed by atoms with Crippen LogP contribution in [0.25, 0.3) is 0 Å². The average Bonchev–Trinajstić information content (AvgIpc) is 3.19. The molecule has 0 amide bonds. The summed E-state index contributed by atoms with van der Waals surface area (Å²) in [5.41, 5.74) is 2.87. The van der Waals surface area contributed by atoms with E-state index in [1.807, 2.05) is 30.3 Å². The molecule has 0 saturated carbocycles. The van der Waals surface area contributed by atoms with Crippen LogP contribution in [0.3, 0.4) is 0 Å². The second-order valence-electron chi connectivity index (χ2n) is 6.94. The summed E-state index contributed by atoms with van der Waals surface area (Å²) in [6.45, 7) is 5.47. The number of aromatic nitrogens is 3. The van der Waals surface area contributed by atoms with E-state index in [-0.39, 0.29) is 12.4 Å². The van der Waals surface area contributed by atoms with Crippen LogP contribution in [0.4, 0.5) is 10.3 Å². The molecule has 2 aromatic carbocycles. The lowest BCUT2D eigenvalue weighted by Crippen LogP contribution is -2.29. The summed E-state index contributed by atoms with van der Waals surface area (Å²) in [5, 5.41) is 8.37. The van der Waals surface area contributed by atoms with Crippen molar-refractivity contribution in [1.29, 1.82) is 0 Å². The van der Waals surface area contributed by atoms with Crippen LogP contribution >= 0.6 is 11.8 Å². The highest BCUT2D eigenvalue weighted by molar-refractivity contribution is 7.98. The molecule has 8 heteroatoms. The Bertz CT molecular complexity index is 1130. The van der Waals surface area contributed by atoms with E-state index >= 15 is 0 Å². The van der Waals surface area contributed by atoms with Crippen LogP contribution in [0.5, 0.6) is 0 Å². The number of allylic oxidation sites excluding steroid dienone is 1. The summed E-state index contributed by atoms with van der Waals surface area (Å²) < 4.78 is 20.5. The largest absolute Gasteiger partial charge is 0.458 e. The maximum atomic E-state index is 13.5. The maximum absolute atomic E-state index is 13.5. The molecule has 0 saturated heterocycles. The van der Waals surface area contributed by atoms with E-state index in [1.54, 1.807) is 23.7 Å². The van der Waals surface area contributed by atoms with Crippen molar-refractivity contribution in [3.8, 4) is 0 Å². The molecule has 1 aromatic heterocycles. The van der Waals surface area contributed by atoms with Gasteiger partial charge in [0.1, 0.15) is 18.5 Å². The van der Waals surface area contributed by atoms with Crippen LogP contribution in [-0.2, 0) is 15.3 Å². The summed E-state index contributed by atoms with van der Waals surface area (Å²) >= 11 is 1.50. The topological polar surface area (TPSA) is 69.0 Å². The lowest BCUT2D eigenvalue weighted by molar-refractivity contribution is -0.138. The van der Waals surface area contributed by atoms with E-state index < -0.39 is 12.0 Å². The third-order valence-corrected chi connectivity index (χ3v) is 5.69. The first-order chi connectivity index (χ1) is 15.1. The molecule has 4 rings (SSSR count). The van der Waals surface area contributed by atoms with Crippen LogP contribution < -0.4 is 5.32 Å². The molecule has 0 aliphatic carbocycles. The van der Waals surface area contributed by atoms with Gasteiger partial charge >= 0.3 is 5.97 Å². The zero-order chi connectivity index (χ0) is 21.8. The number of rotatable bonds is 7. The number of thioether (sulfide) groups is 1. The normalized spacial score (nSPS) is 15.2. The molecule has 0 radical (unpaired) electrons. The number of carbonyl (C=O) groups excluding carboxylic acids is 1. The van der Waals surface area contributed by atoms with E-state index in [1.165, 1.54) is 30.0 Å². The predicted octanol–water partition coefficient (Wildman–Crippen LogP) is 4.73. The molecule has 2 heterocycles. The minimum atomic E-state index is -0.590. The number of ether oxygens (including phenoxy) is 1. The van der Waals surface area contributed by atoms with Crippen LogP contribution in [0.15, 0.2) is 83.7 Å². The maximum Gasteiger partial charge on any atom is 0.338 e. The molecule has 0 fully saturated rings. The van der Waals surface area contributed by atoms with Crippen LogP contribution in [0.1, 0.15) is 24.1 Å². The first-order valence-corrected chi connectivity index (χ1v) is 10.7. The van der Waals surface area contributed by atoms with Crippen molar-refractivity contribution in [3.05, 3.63) is 95.5 Å². The fourth-order valence-electron chi connectivity index (χ4n) is 3.34. The fraction of sp³-hybridized carbons (Fsp3) is 0.174. The molecule has 158 valence electrons. The number of benzene rings is 2. The SMILES string of the molecule is C=CCOC(=O)C1=C(C)Nc2nc(SCc3ccccc3)nn2[C@@H]1c1ccc(F)cc1. The number of esters is 1. The lowest BCUT2D eigenvalue weighted by atomic mass is 9.96. The van der Waals surface area contributed by atoms with E-state index in [2.05, 4.69) is 22.0 Å². The van der Waals surface area contributed by atoms with Crippen molar-refractivity contribution >= 4 is 23.7 Å². The molecule has 1 N–H and O–H groups in total. The molecule has 0 bridgehead atoms. The van der Waals surface area contributed by atoms with Crippen molar-refractivity contribution in [2.45, 2.75) is 23.9 Å². The molecule has 0 spiro atoms. The molecule has 1 aliphatic heterocycles. The van der Waals surface area contributed by atoms with Gasteiger partial charge in [0.05, 0.1) is 5.57 Å². The Morgan fingerprint density at radius 3 is 2.71 bits per heavy atom. The Morgan fingerprint density at radius 1 is 1.26 bits per heavy atom. The van der Waals surface area contributed by atoms with E-state index in [9.17, 15) is 9.18 Å². The van der Waals surface area contributed by atoms with Crippen LogP contribution in [0.2, 0.25) is 0 Å². The number of halogens is 1. The first-order valence-electron chi connectivity index (χ1n) is 9.71. The van der Waals surface area contributed by atoms with Gasteiger partial charge in [-0.25, -0.2) is 13.9 Å². The zero-order valence-electron chi connectivity index (χ0n) is 16.9. The highest BCUT2D eigenvalue weighted by Crippen LogP contribution is 2.37. The van der Waals surface area contributed by atoms with Gasteiger partial charge in [0.25, 0.3) is 0 Å². The standard InChI is InChI=1S/C23H21FN4O2S/c1-3-13-30-21(29)19-15(2)25-22-26-23(31-14-16-7-5-4-6-8-16)27-28(22)20(19)17-9-11-18(24)12-10-17/h3-12,20H,1,13-14H2,2H3,(H,25,26,27)/t20-/m1/s1. The Hall–Kier alpha value is -3.39. The highest BCUT2D eigenvalue weighted by Gasteiger charge is 2.35. The molecular formula is C23H21FN4O2S. The summed E-state index contributed by atoms with van der Waals surface area (Å²) in [5.74, 6) is 0.389. The van der Waals surface area contributed by atoms with E-state index in [0.717, 1.165) is 5.56 Å². The van der Waals surface area contributed by atoms with Gasteiger partial charge in [-0.15, -0.1) is 5.10 Å². The van der Waals surface area contributed by atoms with Crippen molar-refractivity contribution in [3.63, 3.8) is 0 Å². The second-order valence-corrected chi connectivity index (χ2v) is 7.88. The minimum Gasteiger partial charge on any atom is -0.458 e. The lowest BCUT2D eigenvalue weighted by Gasteiger charge is -2.28. The number of nitrogens with one attached hydrogen (secondary N) is 1. The summed E-state index contributed by atoms with van der Waals surface area (Å²) in [4.78, 5) is 17.4. The quantitative estimate of drug-likeness (QED) is 0.328. The molecule has 3 aromatic rings. The number of hydrogen-bond donors (Lipinski definition) is 1. The molecule has 1 aliphatic rings. The number of nitrogens with zero attached hydrogens (tertiary/aromatic N) is 3. The van der Waals surface area contributed by atoms with Gasteiger partial charge in [-0.05, 0) is 30.2 Å². The van der Waals surface area contributed by atoms with Gasteiger partial charge in [0.2, 0.25) is 11.1 Å². The van der Waals surface area contributed by atoms with Gasteiger partial charge in [0.15, 0.2) is 0 Å². The number of anilines is 1. The average molecular weight is 437 g/mol. The number of hydrogen-bond acceptors (Lipinski definition) is 6. The Labute approximate surface area is 183 Å². The minimum absolute atomic E-state index is 0.0914. The molecule has 6 nitrogen and oxygen atoms in total. The number of fused-ring (bicyclic) bond motifs is 1. The van der Waals surface area contributed by atoms with Gasteiger partial charge < -0.3 is 10.1 Å². The Balaban J connectivity index is 1.69. The van der Waals surface area contributed by atoms with Gasteiger partial charge in [-0.2, -0.15) is 4.98 Å². The zero-order valence-corrected chi connectivity index (χ0v) is 17.7. The highest BCUT2D eigenvalue weighted by atomic mass is 32.2. The van der Waals surface area contributed by atoms with Crippen molar-refractivity contribution in [2.75, 3.05) is 11.9 Å². The number of carbonyl (C=O) groups is 1. The van der Waals surface area contributed by atoms with Crippen LogP contribution in [0, 0.1) is 5.82 Å². The fourth-order valence-corrected chi connectivity index (χ4v) is 4.13. The third kappa shape index (κ3) is 4.54. The molecule has 0 unspecified atom stereocenters. The van der Waals surface area contributed by atoms with E-state index in [0.29, 0.717) is 33.7 Å².